The van der Waals surface area contributed by atoms with Crippen LogP contribution in [-0.4, -0.2) is 49.6 Å². The minimum atomic E-state index is -4.23. The van der Waals surface area contributed by atoms with E-state index in [0.717, 1.165) is 4.90 Å². The number of rotatable bonds is 9. The highest BCUT2D eigenvalue weighted by atomic mass is 19.4. The fraction of sp³-hybridized carbons (Fsp3) is 0.300. The van der Waals surface area contributed by atoms with Gasteiger partial charge in [0.25, 0.3) is 5.91 Å². The summed E-state index contributed by atoms with van der Waals surface area (Å²) < 4.78 is 42.4. The third kappa shape index (κ3) is 7.82. The summed E-state index contributed by atoms with van der Waals surface area (Å²) in [6.07, 6.45) is -3.83. The Morgan fingerprint density at radius 3 is 2.00 bits per heavy atom. The van der Waals surface area contributed by atoms with Gasteiger partial charge in [-0.05, 0) is 68.5 Å². The zero-order valence-electron chi connectivity index (χ0n) is 15.8. The van der Waals surface area contributed by atoms with Crippen molar-refractivity contribution in [1.29, 1.82) is 0 Å². The molecule has 2 rings (SSSR count). The maximum atomic E-state index is 12.2. The number of ether oxygens (including phenoxy) is 1. The first kappa shape index (κ1) is 22.2. The van der Waals surface area contributed by atoms with Crippen LogP contribution < -0.4 is 15.8 Å². The molecule has 2 aromatic carbocycles. The largest absolute Gasteiger partial charge is 0.457 e. The fourth-order valence-electron chi connectivity index (χ4n) is 2.54. The molecule has 0 heterocycles. The quantitative estimate of drug-likeness (QED) is 0.623. The van der Waals surface area contributed by atoms with Crippen molar-refractivity contribution in [1.82, 2.24) is 10.2 Å². The van der Waals surface area contributed by atoms with Gasteiger partial charge in [-0.3, -0.25) is 14.5 Å². The zero-order chi connectivity index (χ0) is 21.4. The number of hydrogen-bond acceptors (Lipinski definition) is 4. The van der Waals surface area contributed by atoms with E-state index in [0.29, 0.717) is 29.0 Å². The summed E-state index contributed by atoms with van der Waals surface area (Å²) >= 11 is 0. The highest BCUT2D eigenvalue weighted by Gasteiger charge is 2.28. The van der Waals surface area contributed by atoms with E-state index in [-0.39, 0.29) is 19.0 Å². The third-order valence-electron chi connectivity index (χ3n) is 3.94. The number of amides is 2. The molecule has 0 bridgehead atoms. The molecule has 0 unspecified atom stereocenters. The molecule has 29 heavy (non-hydrogen) atoms. The molecular formula is C20H22F3N3O3. The second-order valence-electron chi connectivity index (χ2n) is 6.48. The molecule has 3 N–H and O–H groups in total. The van der Waals surface area contributed by atoms with Gasteiger partial charge in [-0.1, -0.05) is 0 Å². The van der Waals surface area contributed by atoms with Crippen LogP contribution in [0.3, 0.4) is 0 Å². The molecule has 2 amide bonds. The Morgan fingerprint density at radius 1 is 1.00 bits per heavy atom. The third-order valence-corrected chi connectivity index (χ3v) is 3.94. The molecule has 0 aliphatic rings. The molecule has 0 radical (unpaired) electrons. The van der Waals surface area contributed by atoms with Crippen molar-refractivity contribution < 1.29 is 27.5 Å². The van der Waals surface area contributed by atoms with Gasteiger partial charge in [0.1, 0.15) is 11.5 Å². The summed E-state index contributed by atoms with van der Waals surface area (Å²) in [4.78, 5) is 24.3. The number of nitrogens with one attached hydrogen (secondary N) is 1. The number of nitrogens with two attached hydrogens (primary N) is 1. The van der Waals surface area contributed by atoms with Gasteiger partial charge in [-0.15, -0.1) is 0 Å². The van der Waals surface area contributed by atoms with E-state index >= 15 is 0 Å². The summed E-state index contributed by atoms with van der Waals surface area (Å²) in [5, 5.41) is 2.67. The molecule has 6 nitrogen and oxygen atoms in total. The Morgan fingerprint density at radius 2 is 1.52 bits per heavy atom. The van der Waals surface area contributed by atoms with Gasteiger partial charge in [0.15, 0.2) is 0 Å². The van der Waals surface area contributed by atoms with Crippen molar-refractivity contribution in [2.45, 2.75) is 12.6 Å². The molecule has 0 spiro atoms. The summed E-state index contributed by atoms with van der Waals surface area (Å²) in [6.45, 7) is -0.486. The van der Waals surface area contributed by atoms with E-state index < -0.39 is 18.6 Å². The maximum Gasteiger partial charge on any atom is 0.401 e. The molecule has 0 saturated carbocycles. The zero-order valence-corrected chi connectivity index (χ0v) is 15.8. The second-order valence-corrected chi connectivity index (χ2v) is 6.48. The first-order valence-corrected chi connectivity index (χ1v) is 8.85. The van der Waals surface area contributed by atoms with Gasteiger partial charge < -0.3 is 15.8 Å². The number of benzene rings is 2. The van der Waals surface area contributed by atoms with Crippen molar-refractivity contribution >= 4 is 11.8 Å². The van der Waals surface area contributed by atoms with Crippen LogP contribution in [0.15, 0.2) is 48.5 Å². The number of alkyl halides is 3. The maximum absolute atomic E-state index is 12.2. The van der Waals surface area contributed by atoms with E-state index in [4.69, 9.17) is 10.5 Å². The van der Waals surface area contributed by atoms with Crippen molar-refractivity contribution in [3.05, 3.63) is 59.7 Å². The van der Waals surface area contributed by atoms with Crippen LogP contribution in [0.2, 0.25) is 0 Å². The van der Waals surface area contributed by atoms with Gasteiger partial charge in [0.2, 0.25) is 5.91 Å². The molecule has 0 fully saturated rings. The summed E-state index contributed by atoms with van der Waals surface area (Å²) in [5.74, 6) is 0.164. The summed E-state index contributed by atoms with van der Waals surface area (Å²) in [6, 6.07) is 12.7. The van der Waals surface area contributed by atoms with E-state index in [1.807, 2.05) is 0 Å². The molecule has 0 aliphatic heterocycles. The number of primary amides is 1. The summed E-state index contributed by atoms with van der Waals surface area (Å²) in [7, 11) is 1.38. The predicted octanol–water partition coefficient (Wildman–Crippen LogP) is 3.19. The lowest BCUT2D eigenvalue weighted by atomic mass is 10.2. The van der Waals surface area contributed by atoms with Crippen LogP contribution in [0.5, 0.6) is 11.5 Å². The van der Waals surface area contributed by atoms with Crippen LogP contribution in [0.1, 0.15) is 27.1 Å². The monoisotopic (exact) mass is 409 g/mol. The Hall–Kier alpha value is -3.07. The Balaban J connectivity index is 1.78. The number of carbonyl (C=O) groups excluding carboxylic acids is 2. The van der Waals surface area contributed by atoms with Gasteiger partial charge in [-0.25, -0.2) is 0 Å². The Labute approximate surface area is 166 Å². The average Bonchev–Trinajstić information content (AvgIpc) is 2.64. The molecule has 0 aromatic heterocycles. The van der Waals surface area contributed by atoms with E-state index in [2.05, 4.69) is 5.32 Å². The van der Waals surface area contributed by atoms with Crippen LogP contribution in [0, 0.1) is 0 Å². The second kappa shape index (κ2) is 9.92. The highest BCUT2D eigenvalue weighted by Crippen LogP contribution is 2.22. The van der Waals surface area contributed by atoms with Crippen molar-refractivity contribution in [2.24, 2.45) is 5.73 Å². The normalized spacial score (nSPS) is 11.3. The number of carbonyl (C=O) groups is 2. The van der Waals surface area contributed by atoms with Gasteiger partial charge in [0.05, 0.1) is 6.54 Å². The number of halogens is 3. The standard InChI is InChI=1S/C20H22F3N3O3/c1-26(13-20(21,22)23)12-2-11-25-19(28)15-5-9-17(10-6-15)29-16-7-3-14(4-8-16)18(24)27/h3-10H,2,11-13H2,1H3,(H2,24,27)(H,25,28). The molecule has 0 saturated heterocycles. The molecule has 156 valence electrons. The Kier molecular flexibility index (Phi) is 7.60. The van der Waals surface area contributed by atoms with E-state index in [9.17, 15) is 22.8 Å². The minimum Gasteiger partial charge on any atom is -0.457 e. The van der Waals surface area contributed by atoms with Crippen LogP contribution >= 0.6 is 0 Å². The lowest BCUT2D eigenvalue weighted by molar-refractivity contribution is -0.143. The van der Waals surface area contributed by atoms with Crippen LogP contribution in [0.25, 0.3) is 0 Å². The van der Waals surface area contributed by atoms with Crippen molar-refractivity contribution in [2.75, 3.05) is 26.7 Å². The molecule has 9 heteroatoms. The Bertz CT molecular complexity index is 822. The molecular weight excluding hydrogens is 387 g/mol. The van der Waals surface area contributed by atoms with Crippen molar-refractivity contribution in [3.8, 4) is 11.5 Å². The molecule has 2 aromatic rings. The molecule has 0 aliphatic carbocycles. The smallest absolute Gasteiger partial charge is 0.401 e. The lowest BCUT2D eigenvalue weighted by Crippen LogP contribution is -2.33. The van der Waals surface area contributed by atoms with Crippen LogP contribution in [-0.2, 0) is 0 Å². The fourth-order valence-corrected chi connectivity index (χ4v) is 2.54. The minimum absolute atomic E-state index is 0.223. The van der Waals surface area contributed by atoms with Crippen molar-refractivity contribution in [3.63, 3.8) is 0 Å². The molecule has 0 atom stereocenters. The summed E-state index contributed by atoms with van der Waals surface area (Å²) in [5.41, 5.74) is 5.96. The number of nitrogens with zero attached hydrogens (tertiary/aromatic N) is 1. The first-order chi connectivity index (χ1) is 13.6. The highest BCUT2D eigenvalue weighted by molar-refractivity contribution is 5.94. The van der Waals surface area contributed by atoms with E-state index in [1.54, 1.807) is 48.5 Å². The van der Waals surface area contributed by atoms with Gasteiger partial charge in [-0.2, -0.15) is 13.2 Å². The predicted molar refractivity (Wildman–Crippen MR) is 102 cm³/mol. The van der Waals surface area contributed by atoms with E-state index in [1.165, 1.54) is 7.05 Å². The topological polar surface area (TPSA) is 84.7 Å². The first-order valence-electron chi connectivity index (χ1n) is 8.85. The lowest BCUT2D eigenvalue weighted by Gasteiger charge is -2.18. The SMILES string of the molecule is CN(CCCNC(=O)c1ccc(Oc2ccc(C(N)=O)cc2)cc1)CC(F)(F)F. The van der Waals surface area contributed by atoms with Gasteiger partial charge >= 0.3 is 6.18 Å². The van der Waals surface area contributed by atoms with Gasteiger partial charge in [0, 0.05) is 17.7 Å². The van der Waals surface area contributed by atoms with Crippen LogP contribution in [0.4, 0.5) is 13.2 Å². The number of hydrogen-bond donors (Lipinski definition) is 2. The average molecular weight is 409 g/mol.